The van der Waals surface area contributed by atoms with Gasteiger partial charge in [0.1, 0.15) is 0 Å². The highest BCUT2D eigenvalue weighted by atomic mass is 35.5. The molecule has 4 heteroatoms. The Kier molecular flexibility index (Phi) is 3.43. The summed E-state index contributed by atoms with van der Waals surface area (Å²) in [5, 5.41) is 11.5. The summed E-state index contributed by atoms with van der Waals surface area (Å²) in [6.07, 6.45) is 1.67. The van der Waals surface area contributed by atoms with Crippen LogP contribution in [0.1, 0.15) is 16.7 Å². The number of aromatic hydroxyl groups is 1. The molecule has 0 aliphatic carbocycles. The van der Waals surface area contributed by atoms with E-state index in [0.717, 1.165) is 27.7 Å². The van der Waals surface area contributed by atoms with E-state index in [1.165, 1.54) is 0 Å². The Hall–Kier alpha value is -2.26. The normalized spacial score (nSPS) is 11.6. The van der Waals surface area contributed by atoms with Crippen molar-refractivity contribution in [2.75, 3.05) is 0 Å². The number of aromatic amines is 1. The van der Waals surface area contributed by atoms with Gasteiger partial charge in [0.25, 0.3) is 0 Å². The number of halogens is 1. The maximum absolute atomic E-state index is 10.0. The lowest BCUT2D eigenvalue weighted by molar-refractivity contribution is 0.457. The molecule has 2 N–H and O–H groups in total. The van der Waals surface area contributed by atoms with Crippen molar-refractivity contribution >= 4 is 34.4 Å². The van der Waals surface area contributed by atoms with E-state index in [1.807, 2.05) is 38.1 Å². The van der Waals surface area contributed by atoms with Gasteiger partial charge >= 0.3 is 0 Å². The van der Waals surface area contributed by atoms with Crippen molar-refractivity contribution in [1.29, 1.82) is 0 Å². The van der Waals surface area contributed by atoms with E-state index in [-0.39, 0.29) is 5.88 Å². The molecule has 1 aromatic heterocycles. The number of nitrogens with zero attached hydrogens (tertiary/aromatic N) is 1. The summed E-state index contributed by atoms with van der Waals surface area (Å²) in [5.41, 5.74) is 4.66. The van der Waals surface area contributed by atoms with Gasteiger partial charge in [-0.25, -0.2) is 0 Å². The molecule has 0 saturated heterocycles. The van der Waals surface area contributed by atoms with Gasteiger partial charge in [-0.1, -0.05) is 17.7 Å². The zero-order chi connectivity index (χ0) is 15.0. The number of H-pyrrole nitrogens is 1. The van der Waals surface area contributed by atoms with Crippen molar-refractivity contribution in [3.8, 4) is 5.88 Å². The Balaban J connectivity index is 2.06. The van der Waals surface area contributed by atoms with Crippen LogP contribution in [0.5, 0.6) is 5.88 Å². The monoisotopic (exact) mass is 298 g/mol. The van der Waals surface area contributed by atoms with Crippen molar-refractivity contribution < 1.29 is 5.11 Å². The van der Waals surface area contributed by atoms with Crippen LogP contribution in [-0.2, 0) is 0 Å². The zero-order valence-electron chi connectivity index (χ0n) is 11.8. The van der Waals surface area contributed by atoms with E-state index in [4.69, 9.17) is 11.6 Å². The summed E-state index contributed by atoms with van der Waals surface area (Å²) in [6.45, 7) is 4.07. The molecule has 21 heavy (non-hydrogen) atoms. The standard InChI is InChI=1S/C17H15ClN2O/c1-10-5-11(2)7-13(6-10)19-9-15-14-8-12(18)3-4-16(14)20-17(15)21/h3-9,20-21H,1-2H3. The van der Waals surface area contributed by atoms with Gasteiger partial charge < -0.3 is 10.1 Å². The van der Waals surface area contributed by atoms with Gasteiger partial charge in [0.15, 0.2) is 5.88 Å². The first kappa shape index (κ1) is 13.7. The molecule has 2 aromatic carbocycles. The van der Waals surface area contributed by atoms with Gasteiger partial charge in [0, 0.05) is 22.1 Å². The van der Waals surface area contributed by atoms with Crippen LogP contribution in [0.4, 0.5) is 5.69 Å². The van der Waals surface area contributed by atoms with Crippen molar-refractivity contribution in [1.82, 2.24) is 4.98 Å². The summed E-state index contributed by atoms with van der Waals surface area (Å²) in [5.74, 6) is 0.0976. The molecule has 0 spiro atoms. The zero-order valence-corrected chi connectivity index (χ0v) is 12.6. The minimum absolute atomic E-state index is 0.0976. The number of hydrogen-bond acceptors (Lipinski definition) is 2. The number of aromatic nitrogens is 1. The highest BCUT2D eigenvalue weighted by Gasteiger charge is 2.09. The number of benzene rings is 2. The number of aliphatic imine (C=N–C) groups is 1. The molecule has 0 saturated carbocycles. The third-order valence-electron chi connectivity index (χ3n) is 3.33. The molecule has 0 aliphatic rings. The van der Waals surface area contributed by atoms with E-state index in [1.54, 1.807) is 12.3 Å². The van der Waals surface area contributed by atoms with Gasteiger partial charge in [-0.2, -0.15) is 0 Å². The van der Waals surface area contributed by atoms with Crippen molar-refractivity contribution in [2.24, 2.45) is 4.99 Å². The maximum Gasteiger partial charge on any atom is 0.198 e. The number of rotatable bonds is 2. The second kappa shape index (κ2) is 5.26. The molecule has 1 heterocycles. The number of aryl methyl sites for hydroxylation is 2. The predicted octanol–water partition coefficient (Wildman–Crippen LogP) is 4.89. The first-order valence-electron chi connectivity index (χ1n) is 6.65. The Morgan fingerprint density at radius 1 is 1.10 bits per heavy atom. The van der Waals surface area contributed by atoms with Crippen molar-refractivity contribution in [3.63, 3.8) is 0 Å². The molecule has 106 valence electrons. The van der Waals surface area contributed by atoms with Gasteiger partial charge in [-0.3, -0.25) is 4.99 Å². The molecule has 0 atom stereocenters. The van der Waals surface area contributed by atoms with Crippen LogP contribution in [0.2, 0.25) is 5.02 Å². The molecule has 0 radical (unpaired) electrons. The van der Waals surface area contributed by atoms with Crippen molar-refractivity contribution in [2.45, 2.75) is 13.8 Å². The fourth-order valence-electron chi connectivity index (χ4n) is 2.47. The molecule has 3 aromatic rings. The topological polar surface area (TPSA) is 48.4 Å². The number of nitrogens with one attached hydrogen (secondary N) is 1. The third kappa shape index (κ3) is 2.78. The molecule has 0 unspecified atom stereocenters. The second-order valence-electron chi connectivity index (χ2n) is 5.18. The van der Waals surface area contributed by atoms with Crippen LogP contribution in [-0.4, -0.2) is 16.3 Å². The van der Waals surface area contributed by atoms with Crippen molar-refractivity contribution in [3.05, 3.63) is 58.1 Å². The summed E-state index contributed by atoms with van der Waals surface area (Å²) in [4.78, 5) is 7.38. The smallest absolute Gasteiger partial charge is 0.198 e. The molecule has 3 rings (SSSR count). The van der Waals surface area contributed by atoms with Gasteiger partial charge in [-0.05, 0) is 55.3 Å². The first-order chi connectivity index (χ1) is 10.0. The minimum atomic E-state index is 0.0976. The second-order valence-corrected chi connectivity index (χ2v) is 5.62. The Bertz CT molecular complexity index is 829. The lowest BCUT2D eigenvalue weighted by atomic mass is 10.1. The van der Waals surface area contributed by atoms with E-state index in [0.29, 0.717) is 10.6 Å². The molecule has 0 fully saturated rings. The quantitative estimate of drug-likeness (QED) is 0.650. The highest BCUT2D eigenvalue weighted by molar-refractivity contribution is 6.31. The lowest BCUT2D eigenvalue weighted by Gasteiger charge is -1.99. The minimum Gasteiger partial charge on any atom is -0.494 e. The Labute approximate surface area is 127 Å². The first-order valence-corrected chi connectivity index (χ1v) is 7.03. The average Bonchev–Trinajstić information content (AvgIpc) is 2.70. The average molecular weight is 299 g/mol. The van der Waals surface area contributed by atoms with Crippen LogP contribution >= 0.6 is 11.6 Å². The number of hydrogen-bond donors (Lipinski definition) is 2. The lowest BCUT2D eigenvalue weighted by Crippen LogP contribution is -1.81. The largest absolute Gasteiger partial charge is 0.494 e. The third-order valence-corrected chi connectivity index (χ3v) is 3.56. The van der Waals surface area contributed by atoms with Gasteiger partial charge in [-0.15, -0.1) is 0 Å². The summed E-state index contributed by atoms with van der Waals surface area (Å²) in [7, 11) is 0. The SMILES string of the molecule is Cc1cc(C)cc(N=Cc2c(O)[nH]c3ccc(Cl)cc23)c1. The highest BCUT2D eigenvalue weighted by Crippen LogP contribution is 2.28. The van der Waals surface area contributed by atoms with E-state index >= 15 is 0 Å². The van der Waals surface area contributed by atoms with E-state index in [2.05, 4.69) is 16.0 Å². The fourth-order valence-corrected chi connectivity index (χ4v) is 2.64. The molecule has 0 bridgehead atoms. The van der Waals surface area contributed by atoms with Crippen LogP contribution in [0.25, 0.3) is 10.9 Å². The molecule has 0 amide bonds. The van der Waals surface area contributed by atoms with E-state index < -0.39 is 0 Å². The Morgan fingerprint density at radius 2 is 1.81 bits per heavy atom. The molecule has 3 nitrogen and oxygen atoms in total. The van der Waals surface area contributed by atoms with Gasteiger partial charge in [0.2, 0.25) is 0 Å². The summed E-state index contributed by atoms with van der Waals surface area (Å²) >= 11 is 6.02. The van der Waals surface area contributed by atoms with Crippen LogP contribution in [0, 0.1) is 13.8 Å². The molecular weight excluding hydrogens is 284 g/mol. The van der Waals surface area contributed by atoms with Crippen LogP contribution in [0.3, 0.4) is 0 Å². The van der Waals surface area contributed by atoms with Crippen LogP contribution in [0.15, 0.2) is 41.4 Å². The van der Waals surface area contributed by atoms with E-state index in [9.17, 15) is 5.11 Å². The Morgan fingerprint density at radius 3 is 2.52 bits per heavy atom. The molecular formula is C17H15ClN2O. The fraction of sp³-hybridized carbons (Fsp3) is 0.118. The predicted molar refractivity (Wildman–Crippen MR) is 88.1 cm³/mol. The van der Waals surface area contributed by atoms with Gasteiger partial charge in [0.05, 0.1) is 11.3 Å². The summed E-state index contributed by atoms with van der Waals surface area (Å²) in [6, 6.07) is 11.5. The maximum atomic E-state index is 10.0. The van der Waals surface area contributed by atoms with Crippen LogP contribution < -0.4 is 0 Å². The number of fused-ring (bicyclic) bond motifs is 1. The molecule has 0 aliphatic heterocycles. The summed E-state index contributed by atoms with van der Waals surface area (Å²) < 4.78 is 0.